The van der Waals surface area contributed by atoms with Crippen molar-refractivity contribution < 1.29 is 4.74 Å². The van der Waals surface area contributed by atoms with Gasteiger partial charge in [-0.2, -0.15) is 0 Å². The number of ether oxygens (including phenoxy) is 1. The molecule has 1 aromatic heterocycles. The summed E-state index contributed by atoms with van der Waals surface area (Å²) >= 11 is 1.77. The molecule has 1 aromatic carbocycles. The molecule has 0 radical (unpaired) electrons. The Labute approximate surface area is 98.7 Å². The van der Waals surface area contributed by atoms with Gasteiger partial charge in [-0.3, -0.25) is 0 Å². The molecule has 2 heterocycles. The largest absolute Gasteiger partial charge is 0.375 e. The zero-order valence-electron chi connectivity index (χ0n) is 9.22. The maximum Gasteiger partial charge on any atom is 0.186 e. The lowest BCUT2D eigenvalue weighted by molar-refractivity contribution is 0.0532. The minimum absolute atomic E-state index is 0.306. The molecule has 0 aliphatic carbocycles. The number of anilines is 1. The molecule has 0 saturated carbocycles. The van der Waals surface area contributed by atoms with Gasteiger partial charge in [-0.1, -0.05) is 23.5 Å². The summed E-state index contributed by atoms with van der Waals surface area (Å²) in [4.78, 5) is 6.98. The van der Waals surface area contributed by atoms with E-state index in [-0.39, 0.29) is 0 Å². The lowest BCUT2D eigenvalue weighted by atomic mass is 10.3. The fourth-order valence-electron chi connectivity index (χ4n) is 1.99. The van der Waals surface area contributed by atoms with Crippen molar-refractivity contribution in [2.24, 2.45) is 0 Å². The van der Waals surface area contributed by atoms with E-state index in [2.05, 4.69) is 35.0 Å². The van der Waals surface area contributed by atoms with E-state index < -0.39 is 0 Å². The van der Waals surface area contributed by atoms with Crippen LogP contribution in [0, 0.1) is 0 Å². The monoisotopic (exact) mass is 234 g/mol. The lowest BCUT2D eigenvalue weighted by Gasteiger charge is -2.30. The molecule has 1 unspecified atom stereocenters. The van der Waals surface area contributed by atoms with Crippen LogP contribution in [0.4, 0.5) is 5.13 Å². The van der Waals surface area contributed by atoms with Gasteiger partial charge in [0.2, 0.25) is 0 Å². The number of hydrogen-bond donors (Lipinski definition) is 0. The number of para-hydroxylation sites is 1. The molecule has 2 aromatic rings. The van der Waals surface area contributed by atoms with E-state index >= 15 is 0 Å². The second kappa shape index (κ2) is 4.03. The number of nitrogens with zero attached hydrogens (tertiary/aromatic N) is 2. The van der Waals surface area contributed by atoms with Crippen molar-refractivity contribution in [1.82, 2.24) is 4.98 Å². The highest BCUT2D eigenvalue weighted by molar-refractivity contribution is 7.22. The number of fused-ring (bicyclic) bond motifs is 1. The van der Waals surface area contributed by atoms with Crippen LogP contribution in [0.2, 0.25) is 0 Å². The fourth-order valence-corrected chi connectivity index (χ4v) is 2.99. The molecule has 16 heavy (non-hydrogen) atoms. The number of aromatic nitrogens is 1. The average molecular weight is 234 g/mol. The Hall–Kier alpha value is -1.13. The van der Waals surface area contributed by atoms with E-state index in [9.17, 15) is 0 Å². The summed E-state index contributed by atoms with van der Waals surface area (Å²) in [6.45, 7) is 4.81. The Morgan fingerprint density at radius 2 is 2.31 bits per heavy atom. The molecular weight excluding hydrogens is 220 g/mol. The third-order valence-electron chi connectivity index (χ3n) is 2.79. The first-order valence-corrected chi connectivity index (χ1v) is 6.37. The molecule has 0 amide bonds. The number of rotatable bonds is 1. The van der Waals surface area contributed by atoms with Crippen LogP contribution in [0.15, 0.2) is 24.3 Å². The summed E-state index contributed by atoms with van der Waals surface area (Å²) in [5.74, 6) is 0. The van der Waals surface area contributed by atoms with Crippen molar-refractivity contribution in [2.45, 2.75) is 13.0 Å². The number of thiazole rings is 1. The van der Waals surface area contributed by atoms with Gasteiger partial charge in [0, 0.05) is 13.1 Å². The molecule has 4 heteroatoms. The summed E-state index contributed by atoms with van der Waals surface area (Å²) in [7, 11) is 0. The second-order valence-corrected chi connectivity index (χ2v) is 5.10. The van der Waals surface area contributed by atoms with Crippen molar-refractivity contribution in [3.63, 3.8) is 0 Å². The van der Waals surface area contributed by atoms with E-state index in [1.807, 2.05) is 6.07 Å². The highest BCUT2D eigenvalue weighted by Crippen LogP contribution is 2.29. The Kier molecular flexibility index (Phi) is 2.53. The quantitative estimate of drug-likeness (QED) is 0.758. The predicted octanol–water partition coefficient (Wildman–Crippen LogP) is 2.52. The third-order valence-corrected chi connectivity index (χ3v) is 3.89. The Morgan fingerprint density at radius 1 is 1.44 bits per heavy atom. The maximum atomic E-state index is 5.54. The van der Waals surface area contributed by atoms with Gasteiger partial charge in [-0.15, -0.1) is 0 Å². The average Bonchev–Trinajstić information content (AvgIpc) is 2.72. The van der Waals surface area contributed by atoms with Gasteiger partial charge in [0.1, 0.15) is 0 Å². The van der Waals surface area contributed by atoms with E-state index in [1.165, 1.54) is 4.70 Å². The van der Waals surface area contributed by atoms with Gasteiger partial charge < -0.3 is 9.64 Å². The zero-order chi connectivity index (χ0) is 11.0. The fraction of sp³-hybridized carbons (Fsp3) is 0.417. The Bertz CT molecular complexity index is 463. The van der Waals surface area contributed by atoms with Crippen LogP contribution in [0.1, 0.15) is 6.92 Å². The van der Waals surface area contributed by atoms with Crippen molar-refractivity contribution in [2.75, 3.05) is 24.6 Å². The summed E-state index contributed by atoms with van der Waals surface area (Å²) in [6.07, 6.45) is 0.306. The van der Waals surface area contributed by atoms with Gasteiger partial charge in [0.25, 0.3) is 0 Å². The number of benzene rings is 1. The van der Waals surface area contributed by atoms with Crippen LogP contribution in [-0.2, 0) is 4.74 Å². The molecule has 1 aliphatic rings. The minimum atomic E-state index is 0.306. The van der Waals surface area contributed by atoms with Crippen molar-refractivity contribution in [3.8, 4) is 0 Å². The highest BCUT2D eigenvalue weighted by atomic mass is 32.1. The SMILES string of the molecule is CC1CN(c2nc3ccccc3s2)CCO1. The normalized spacial score (nSPS) is 21.6. The van der Waals surface area contributed by atoms with E-state index in [4.69, 9.17) is 4.74 Å². The first kappa shape index (κ1) is 10.1. The number of hydrogen-bond acceptors (Lipinski definition) is 4. The van der Waals surface area contributed by atoms with E-state index in [1.54, 1.807) is 11.3 Å². The first-order chi connectivity index (χ1) is 7.83. The van der Waals surface area contributed by atoms with Gasteiger partial charge in [0.05, 0.1) is 22.9 Å². The molecule has 0 N–H and O–H groups in total. The standard InChI is InChI=1S/C12H14N2OS/c1-9-8-14(6-7-15-9)12-13-10-4-2-3-5-11(10)16-12/h2-5,9H,6-8H2,1H3. The lowest BCUT2D eigenvalue weighted by Crippen LogP contribution is -2.41. The minimum Gasteiger partial charge on any atom is -0.375 e. The van der Waals surface area contributed by atoms with Crippen LogP contribution in [0.3, 0.4) is 0 Å². The topological polar surface area (TPSA) is 25.4 Å². The van der Waals surface area contributed by atoms with Crippen LogP contribution in [0.25, 0.3) is 10.2 Å². The molecule has 1 atom stereocenters. The first-order valence-electron chi connectivity index (χ1n) is 5.55. The summed E-state index contributed by atoms with van der Waals surface area (Å²) in [5.41, 5.74) is 1.10. The highest BCUT2D eigenvalue weighted by Gasteiger charge is 2.19. The third kappa shape index (κ3) is 1.79. The Balaban J connectivity index is 1.93. The second-order valence-electron chi connectivity index (χ2n) is 4.09. The maximum absolute atomic E-state index is 5.54. The molecule has 3 rings (SSSR count). The van der Waals surface area contributed by atoms with Gasteiger partial charge in [0.15, 0.2) is 5.13 Å². The van der Waals surface area contributed by atoms with Gasteiger partial charge in [-0.05, 0) is 19.1 Å². The number of morpholine rings is 1. The van der Waals surface area contributed by atoms with Crippen LogP contribution < -0.4 is 4.90 Å². The van der Waals surface area contributed by atoms with Crippen LogP contribution in [0.5, 0.6) is 0 Å². The summed E-state index contributed by atoms with van der Waals surface area (Å²) < 4.78 is 6.80. The van der Waals surface area contributed by atoms with Crippen molar-refractivity contribution in [3.05, 3.63) is 24.3 Å². The zero-order valence-corrected chi connectivity index (χ0v) is 10.0. The predicted molar refractivity (Wildman–Crippen MR) is 67.2 cm³/mol. The molecule has 0 spiro atoms. The molecular formula is C12H14N2OS. The van der Waals surface area contributed by atoms with Crippen molar-refractivity contribution in [1.29, 1.82) is 0 Å². The molecule has 3 nitrogen and oxygen atoms in total. The molecule has 1 fully saturated rings. The molecule has 1 aliphatic heterocycles. The van der Waals surface area contributed by atoms with Crippen LogP contribution in [-0.4, -0.2) is 30.8 Å². The van der Waals surface area contributed by atoms with Gasteiger partial charge in [-0.25, -0.2) is 4.98 Å². The smallest absolute Gasteiger partial charge is 0.186 e. The summed E-state index contributed by atoms with van der Waals surface area (Å²) in [6, 6.07) is 8.29. The van der Waals surface area contributed by atoms with E-state index in [0.29, 0.717) is 6.10 Å². The van der Waals surface area contributed by atoms with E-state index in [0.717, 1.165) is 30.3 Å². The van der Waals surface area contributed by atoms with Crippen LogP contribution >= 0.6 is 11.3 Å². The summed E-state index contributed by atoms with van der Waals surface area (Å²) in [5, 5.41) is 1.12. The molecule has 1 saturated heterocycles. The van der Waals surface area contributed by atoms with Gasteiger partial charge >= 0.3 is 0 Å². The Morgan fingerprint density at radius 3 is 3.12 bits per heavy atom. The van der Waals surface area contributed by atoms with Crippen molar-refractivity contribution >= 4 is 26.7 Å². The molecule has 84 valence electrons. The molecule has 0 bridgehead atoms.